The van der Waals surface area contributed by atoms with Crippen LogP contribution in [0.25, 0.3) is 0 Å². The summed E-state index contributed by atoms with van der Waals surface area (Å²) in [5.74, 6) is 0. The van der Waals surface area contributed by atoms with E-state index in [1.807, 2.05) is 0 Å². The fourth-order valence-electron chi connectivity index (χ4n) is 2.00. The van der Waals surface area contributed by atoms with E-state index in [2.05, 4.69) is 6.58 Å². The third kappa shape index (κ3) is 2.78. The van der Waals surface area contributed by atoms with Gasteiger partial charge in [0.15, 0.2) is 0 Å². The van der Waals surface area contributed by atoms with E-state index in [0.29, 0.717) is 22.8 Å². The van der Waals surface area contributed by atoms with Crippen LogP contribution in [0.1, 0.15) is 18.4 Å². The number of nitrogens with two attached hydrogens (primary N) is 1. The van der Waals surface area contributed by atoms with Crippen molar-refractivity contribution in [3.05, 3.63) is 35.4 Å². The molecule has 2 rings (SSSR count). The molecule has 0 amide bonds. The Hall–Kier alpha value is -1.04. The van der Waals surface area contributed by atoms with Crippen LogP contribution < -0.4 is 5.73 Å². The second kappa shape index (κ2) is 5.15. The average molecular weight is 301 g/mol. The molecule has 1 saturated carbocycles. The molecule has 0 spiro atoms. The topological polar surface area (TPSA) is 63.4 Å². The number of nitrogens with zero attached hydrogens (tertiary/aromatic N) is 1. The summed E-state index contributed by atoms with van der Waals surface area (Å²) in [5.41, 5.74) is 6.73. The molecule has 1 aromatic carbocycles. The molecule has 0 heterocycles. The van der Waals surface area contributed by atoms with Gasteiger partial charge >= 0.3 is 0 Å². The molecule has 104 valence electrons. The number of halogens is 1. The molecule has 4 nitrogen and oxygen atoms in total. The molecule has 1 aromatic rings. The molecule has 0 unspecified atom stereocenters. The summed E-state index contributed by atoms with van der Waals surface area (Å²) < 4.78 is 26.9. The summed E-state index contributed by atoms with van der Waals surface area (Å²) in [6, 6.07) is 3.09. The number of hydrogen-bond acceptors (Lipinski definition) is 3. The quantitative estimate of drug-likeness (QED) is 0.671. The van der Waals surface area contributed by atoms with E-state index in [0.717, 1.165) is 12.8 Å². The number of benzene rings is 1. The molecular formula is C13H17ClN2O2S. The van der Waals surface area contributed by atoms with Gasteiger partial charge in [0.05, 0.1) is 4.90 Å². The van der Waals surface area contributed by atoms with E-state index in [9.17, 15) is 8.42 Å². The van der Waals surface area contributed by atoms with E-state index in [4.69, 9.17) is 17.3 Å². The van der Waals surface area contributed by atoms with Crippen molar-refractivity contribution in [1.29, 1.82) is 0 Å². The van der Waals surface area contributed by atoms with E-state index in [1.165, 1.54) is 10.4 Å². The van der Waals surface area contributed by atoms with Crippen LogP contribution in [0.3, 0.4) is 0 Å². The molecule has 0 aromatic heterocycles. The van der Waals surface area contributed by atoms with Crippen LogP contribution in [-0.2, 0) is 10.0 Å². The summed E-state index contributed by atoms with van der Waals surface area (Å²) in [5, 5.41) is 0.330. The number of anilines is 1. The molecule has 1 aliphatic rings. The highest BCUT2D eigenvalue weighted by molar-refractivity contribution is 7.89. The predicted molar refractivity (Wildman–Crippen MR) is 77.7 cm³/mol. The monoisotopic (exact) mass is 300 g/mol. The molecule has 0 saturated heterocycles. The van der Waals surface area contributed by atoms with Gasteiger partial charge in [-0.25, -0.2) is 8.42 Å². The minimum Gasteiger partial charge on any atom is -0.398 e. The van der Waals surface area contributed by atoms with Gasteiger partial charge in [-0.15, -0.1) is 6.58 Å². The van der Waals surface area contributed by atoms with Gasteiger partial charge in [0.1, 0.15) is 0 Å². The highest BCUT2D eigenvalue weighted by Crippen LogP contribution is 2.35. The Kier molecular flexibility index (Phi) is 3.90. The van der Waals surface area contributed by atoms with Crippen LogP contribution in [0.5, 0.6) is 0 Å². The number of nitrogen functional groups attached to an aromatic ring is 1. The second-order valence-corrected chi connectivity index (χ2v) is 7.01. The van der Waals surface area contributed by atoms with Crippen LogP contribution in [0.4, 0.5) is 5.69 Å². The Morgan fingerprint density at radius 1 is 1.53 bits per heavy atom. The molecular weight excluding hydrogens is 284 g/mol. The maximum absolute atomic E-state index is 12.7. The maximum atomic E-state index is 12.7. The Balaban J connectivity index is 2.51. The summed E-state index contributed by atoms with van der Waals surface area (Å²) >= 11 is 5.92. The molecule has 2 N–H and O–H groups in total. The first kappa shape index (κ1) is 14.4. The summed E-state index contributed by atoms with van der Waals surface area (Å²) in [6.07, 6.45) is 3.38. The zero-order valence-electron chi connectivity index (χ0n) is 10.8. The lowest BCUT2D eigenvalue weighted by atomic mass is 10.2. The molecule has 6 heteroatoms. The van der Waals surface area contributed by atoms with Gasteiger partial charge in [0, 0.05) is 23.3 Å². The van der Waals surface area contributed by atoms with Gasteiger partial charge in [0.2, 0.25) is 10.0 Å². The third-order valence-electron chi connectivity index (χ3n) is 3.21. The first-order valence-corrected chi connectivity index (χ1v) is 7.88. The number of hydrogen-bond donors (Lipinski definition) is 1. The molecule has 0 atom stereocenters. The van der Waals surface area contributed by atoms with Crippen molar-refractivity contribution < 1.29 is 8.42 Å². The fraction of sp³-hybridized carbons (Fsp3) is 0.385. The van der Waals surface area contributed by atoms with Crippen molar-refractivity contribution in [3.8, 4) is 0 Å². The molecule has 0 aliphatic heterocycles. The highest BCUT2D eigenvalue weighted by atomic mass is 35.5. The first-order chi connectivity index (χ1) is 8.87. The Labute approximate surface area is 118 Å². The molecule has 0 radical (unpaired) electrons. The van der Waals surface area contributed by atoms with Gasteiger partial charge in [0.25, 0.3) is 0 Å². The smallest absolute Gasteiger partial charge is 0.244 e. The molecule has 1 aliphatic carbocycles. The second-order valence-electron chi connectivity index (χ2n) is 4.71. The lowest BCUT2D eigenvalue weighted by Gasteiger charge is -2.22. The number of sulfonamides is 1. The van der Waals surface area contributed by atoms with Crippen LogP contribution in [0.15, 0.2) is 29.7 Å². The normalized spacial score (nSPS) is 15.7. The molecule has 19 heavy (non-hydrogen) atoms. The van der Waals surface area contributed by atoms with Crippen molar-refractivity contribution in [2.24, 2.45) is 0 Å². The van der Waals surface area contributed by atoms with E-state index < -0.39 is 10.0 Å². The van der Waals surface area contributed by atoms with Gasteiger partial charge in [-0.05, 0) is 37.5 Å². The van der Waals surface area contributed by atoms with Crippen molar-refractivity contribution in [1.82, 2.24) is 4.31 Å². The first-order valence-electron chi connectivity index (χ1n) is 6.06. The van der Waals surface area contributed by atoms with E-state index in [-0.39, 0.29) is 10.9 Å². The predicted octanol–water partition coefficient (Wildman–Crippen LogP) is 2.57. The van der Waals surface area contributed by atoms with Crippen molar-refractivity contribution >= 4 is 27.3 Å². The standard InChI is InChI=1S/C13H17ClN2O2S/c1-3-6-16(11-4-5-11)19(17,18)13-8-10(14)7-12(15)9(13)2/h3,7-8,11H,1,4-6,15H2,2H3. The largest absolute Gasteiger partial charge is 0.398 e. The number of rotatable bonds is 5. The Bertz CT molecular complexity index is 609. The fourth-order valence-corrected chi connectivity index (χ4v) is 4.23. The van der Waals surface area contributed by atoms with Crippen molar-refractivity contribution in [2.75, 3.05) is 12.3 Å². The molecule has 1 fully saturated rings. The van der Waals surface area contributed by atoms with Gasteiger partial charge in [-0.3, -0.25) is 0 Å². The lowest BCUT2D eigenvalue weighted by molar-refractivity contribution is 0.435. The average Bonchev–Trinajstić information content (AvgIpc) is 3.14. The van der Waals surface area contributed by atoms with E-state index >= 15 is 0 Å². The maximum Gasteiger partial charge on any atom is 0.244 e. The van der Waals surface area contributed by atoms with E-state index in [1.54, 1.807) is 19.1 Å². The van der Waals surface area contributed by atoms with Crippen LogP contribution in [0.2, 0.25) is 5.02 Å². The van der Waals surface area contributed by atoms with Crippen LogP contribution >= 0.6 is 11.6 Å². The SMILES string of the molecule is C=CCN(C1CC1)S(=O)(=O)c1cc(Cl)cc(N)c1C. The van der Waals surface area contributed by atoms with Crippen LogP contribution in [-0.4, -0.2) is 25.3 Å². The summed E-state index contributed by atoms with van der Waals surface area (Å²) in [4.78, 5) is 0.186. The zero-order valence-corrected chi connectivity index (χ0v) is 12.3. The zero-order chi connectivity index (χ0) is 14.2. The van der Waals surface area contributed by atoms with Crippen molar-refractivity contribution in [3.63, 3.8) is 0 Å². The minimum absolute atomic E-state index is 0.0719. The summed E-state index contributed by atoms with van der Waals surface area (Å²) in [7, 11) is -3.58. The lowest BCUT2D eigenvalue weighted by Crippen LogP contribution is -2.33. The van der Waals surface area contributed by atoms with Crippen molar-refractivity contribution in [2.45, 2.75) is 30.7 Å². The Morgan fingerprint density at radius 3 is 2.68 bits per heavy atom. The Morgan fingerprint density at radius 2 is 2.16 bits per heavy atom. The van der Waals surface area contributed by atoms with Crippen LogP contribution in [0, 0.1) is 6.92 Å². The summed E-state index contributed by atoms with van der Waals surface area (Å²) in [6.45, 7) is 5.61. The highest BCUT2D eigenvalue weighted by Gasteiger charge is 2.38. The van der Waals surface area contributed by atoms with Gasteiger partial charge in [-0.1, -0.05) is 17.7 Å². The molecule has 0 bridgehead atoms. The van der Waals surface area contributed by atoms with Gasteiger partial charge in [-0.2, -0.15) is 4.31 Å². The minimum atomic E-state index is -3.58. The van der Waals surface area contributed by atoms with Gasteiger partial charge < -0.3 is 5.73 Å². The third-order valence-corrected chi connectivity index (χ3v) is 5.48.